The summed E-state index contributed by atoms with van der Waals surface area (Å²) in [5.41, 5.74) is -0.772. The van der Waals surface area contributed by atoms with Gasteiger partial charge < -0.3 is 9.84 Å². The molecule has 5 heteroatoms. The molecule has 0 atom stereocenters. The maximum Gasteiger partial charge on any atom is 0.412 e. The molecule has 0 aliphatic heterocycles. The van der Waals surface area contributed by atoms with Crippen LogP contribution in [0.15, 0.2) is 18.2 Å². The number of phenolic OH excluding ortho intramolecular Hbond substituents is 1. The van der Waals surface area contributed by atoms with E-state index < -0.39 is 23.3 Å². The molecule has 0 bridgehead atoms. The van der Waals surface area contributed by atoms with Gasteiger partial charge in [0.1, 0.15) is 5.60 Å². The highest BCUT2D eigenvalue weighted by Crippen LogP contribution is 2.23. The topological polar surface area (TPSA) is 58.6 Å². The lowest BCUT2D eigenvalue weighted by molar-refractivity contribution is 0.0635. The zero-order valence-electron chi connectivity index (χ0n) is 9.37. The highest BCUT2D eigenvalue weighted by atomic mass is 19.1. The molecule has 88 valence electrons. The van der Waals surface area contributed by atoms with E-state index in [-0.39, 0.29) is 5.69 Å². The Hall–Kier alpha value is -1.78. The lowest BCUT2D eigenvalue weighted by atomic mass is 10.2. The van der Waals surface area contributed by atoms with Gasteiger partial charge in [-0.15, -0.1) is 0 Å². The number of anilines is 1. The zero-order chi connectivity index (χ0) is 12.3. The van der Waals surface area contributed by atoms with Crippen molar-refractivity contribution in [2.24, 2.45) is 0 Å². The Labute approximate surface area is 93.0 Å². The van der Waals surface area contributed by atoms with Gasteiger partial charge in [-0.3, -0.25) is 5.32 Å². The van der Waals surface area contributed by atoms with Crippen LogP contribution >= 0.6 is 0 Å². The van der Waals surface area contributed by atoms with Crippen LogP contribution in [0.1, 0.15) is 20.8 Å². The number of hydrogen-bond donors (Lipinski definition) is 2. The van der Waals surface area contributed by atoms with E-state index in [1.807, 2.05) is 0 Å². The predicted molar refractivity (Wildman–Crippen MR) is 57.9 cm³/mol. The Morgan fingerprint density at radius 2 is 2.06 bits per heavy atom. The van der Waals surface area contributed by atoms with Gasteiger partial charge in [-0.2, -0.15) is 0 Å². The average Bonchev–Trinajstić information content (AvgIpc) is 2.09. The van der Waals surface area contributed by atoms with Crippen molar-refractivity contribution >= 4 is 11.8 Å². The highest BCUT2D eigenvalue weighted by molar-refractivity contribution is 5.85. The summed E-state index contributed by atoms with van der Waals surface area (Å²) in [6.07, 6.45) is -0.767. The molecule has 0 saturated heterocycles. The van der Waals surface area contributed by atoms with Crippen LogP contribution in [-0.2, 0) is 4.74 Å². The largest absolute Gasteiger partial charge is 0.505 e. The van der Waals surface area contributed by atoms with Crippen molar-refractivity contribution < 1.29 is 19.0 Å². The minimum Gasteiger partial charge on any atom is -0.505 e. The van der Waals surface area contributed by atoms with Crippen molar-refractivity contribution in [3.05, 3.63) is 24.0 Å². The minimum absolute atomic E-state index is 0.116. The van der Waals surface area contributed by atoms with Gasteiger partial charge in [-0.05, 0) is 32.9 Å². The fourth-order valence-electron chi connectivity index (χ4n) is 1.03. The molecule has 0 aliphatic rings. The van der Waals surface area contributed by atoms with Gasteiger partial charge in [0.25, 0.3) is 0 Å². The number of carbonyl (C=O) groups excluding carboxylic acids is 1. The first-order valence-electron chi connectivity index (χ1n) is 4.77. The van der Waals surface area contributed by atoms with Crippen molar-refractivity contribution in [2.75, 3.05) is 5.32 Å². The van der Waals surface area contributed by atoms with Gasteiger partial charge in [0.15, 0.2) is 11.6 Å². The van der Waals surface area contributed by atoms with Crippen LogP contribution in [0.3, 0.4) is 0 Å². The second kappa shape index (κ2) is 4.38. The van der Waals surface area contributed by atoms with Crippen molar-refractivity contribution in [2.45, 2.75) is 26.4 Å². The molecule has 0 unspecified atom stereocenters. The van der Waals surface area contributed by atoms with E-state index in [2.05, 4.69) is 5.32 Å². The first-order valence-corrected chi connectivity index (χ1v) is 4.77. The second-order valence-electron chi connectivity index (χ2n) is 4.27. The van der Waals surface area contributed by atoms with E-state index >= 15 is 0 Å². The Morgan fingerprint density at radius 3 is 2.62 bits per heavy atom. The van der Waals surface area contributed by atoms with Crippen LogP contribution in [0.25, 0.3) is 0 Å². The second-order valence-corrected chi connectivity index (χ2v) is 4.27. The van der Waals surface area contributed by atoms with Crippen molar-refractivity contribution in [1.82, 2.24) is 0 Å². The number of carbonyl (C=O) groups is 1. The number of halogens is 1. The van der Waals surface area contributed by atoms with Crippen LogP contribution in [0.5, 0.6) is 5.75 Å². The Morgan fingerprint density at radius 1 is 1.44 bits per heavy atom. The third-order valence-corrected chi connectivity index (χ3v) is 1.61. The molecule has 1 amide bonds. The first-order chi connectivity index (χ1) is 7.29. The van der Waals surface area contributed by atoms with Gasteiger partial charge in [0, 0.05) is 0 Å². The Kier molecular flexibility index (Phi) is 3.37. The molecule has 16 heavy (non-hydrogen) atoms. The van der Waals surface area contributed by atoms with Crippen molar-refractivity contribution in [1.29, 1.82) is 0 Å². The minimum atomic E-state index is -0.881. The fourth-order valence-corrected chi connectivity index (χ4v) is 1.03. The maximum absolute atomic E-state index is 13.3. The Balaban J connectivity index is 2.74. The third kappa shape index (κ3) is 3.42. The summed E-state index contributed by atoms with van der Waals surface area (Å²) >= 11 is 0. The van der Waals surface area contributed by atoms with Gasteiger partial charge in [0.05, 0.1) is 5.69 Å². The third-order valence-electron chi connectivity index (χ3n) is 1.61. The van der Waals surface area contributed by atoms with Crippen LogP contribution in [-0.4, -0.2) is 16.8 Å². The number of ether oxygens (including phenoxy) is 1. The van der Waals surface area contributed by atoms with E-state index in [0.29, 0.717) is 0 Å². The summed E-state index contributed by atoms with van der Waals surface area (Å²) in [5, 5.41) is 11.3. The van der Waals surface area contributed by atoms with E-state index in [0.717, 1.165) is 0 Å². The molecule has 1 rings (SSSR count). The van der Waals surface area contributed by atoms with E-state index in [1.165, 1.54) is 18.2 Å². The van der Waals surface area contributed by atoms with Crippen molar-refractivity contribution in [3.8, 4) is 5.75 Å². The molecule has 0 spiro atoms. The van der Waals surface area contributed by atoms with E-state index in [4.69, 9.17) is 9.84 Å². The van der Waals surface area contributed by atoms with E-state index in [1.54, 1.807) is 20.8 Å². The molecule has 0 aromatic heterocycles. The smallest absolute Gasteiger partial charge is 0.412 e. The van der Waals surface area contributed by atoms with Gasteiger partial charge >= 0.3 is 6.09 Å². The standard InChI is InChI=1S/C11H14FNO3/c1-11(2,3)16-10(15)13-7-5-4-6-8(14)9(7)12/h4-6,14H,1-3H3,(H,13,15). The highest BCUT2D eigenvalue weighted by Gasteiger charge is 2.17. The molecular weight excluding hydrogens is 213 g/mol. The van der Waals surface area contributed by atoms with Crippen LogP contribution in [0.2, 0.25) is 0 Å². The molecule has 1 aromatic rings. The van der Waals surface area contributed by atoms with Crippen LogP contribution in [0.4, 0.5) is 14.9 Å². The Bertz CT molecular complexity index is 399. The molecule has 2 N–H and O–H groups in total. The van der Waals surface area contributed by atoms with Crippen molar-refractivity contribution in [3.63, 3.8) is 0 Å². The van der Waals surface area contributed by atoms with Gasteiger partial charge in [-0.1, -0.05) is 6.07 Å². The molecule has 1 aromatic carbocycles. The SMILES string of the molecule is CC(C)(C)OC(=O)Nc1cccc(O)c1F. The number of nitrogens with one attached hydrogen (secondary N) is 1. The number of aromatic hydroxyl groups is 1. The molecule has 0 heterocycles. The first kappa shape index (κ1) is 12.3. The summed E-state index contributed by atoms with van der Waals surface area (Å²) in [6, 6.07) is 3.94. The summed E-state index contributed by atoms with van der Waals surface area (Å²) in [6.45, 7) is 5.10. The average molecular weight is 227 g/mol. The molecule has 0 radical (unpaired) electrons. The fraction of sp³-hybridized carbons (Fsp3) is 0.364. The lowest BCUT2D eigenvalue weighted by Gasteiger charge is -2.19. The summed E-state index contributed by atoms with van der Waals surface area (Å²) < 4.78 is 18.2. The van der Waals surface area contributed by atoms with Crippen LogP contribution in [0, 0.1) is 5.82 Å². The summed E-state index contributed by atoms with van der Waals surface area (Å²) in [7, 11) is 0. The number of amides is 1. The number of hydrogen-bond acceptors (Lipinski definition) is 3. The van der Waals surface area contributed by atoms with Crippen LogP contribution < -0.4 is 5.32 Å². The summed E-state index contributed by atoms with van der Waals surface area (Å²) in [5.74, 6) is -1.40. The normalized spacial score (nSPS) is 11.0. The number of phenols is 1. The van der Waals surface area contributed by atoms with E-state index in [9.17, 15) is 9.18 Å². The molecular formula is C11H14FNO3. The molecule has 0 saturated carbocycles. The zero-order valence-corrected chi connectivity index (χ0v) is 9.37. The monoisotopic (exact) mass is 227 g/mol. The quantitative estimate of drug-likeness (QED) is 0.775. The molecule has 0 aliphatic carbocycles. The summed E-state index contributed by atoms with van der Waals surface area (Å²) in [4.78, 5) is 11.3. The molecule has 4 nitrogen and oxygen atoms in total. The molecule has 0 fully saturated rings. The maximum atomic E-state index is 13.3. The number of benzene rings is 1. The lowest BCUT2D eigenvalue weighted by Crippen LogP contribution is -2.27. The number of rotatable bonds is 1. The predicted octanol–water partition coefficient (Wildman–Crippen LogP) is 2.88. The van der Waals surface area contributed by atoms with Gasteiger partial charge in [0.2, 0.25) is 0 Å². The van der Waals surface area contributed by atoms with Gasteiger partial charge in [-0.25, -0.2) is 9.18 Å².